The molecule has 0 heterocycles. The third kappa shape index (κ3) is 5.12. The number of thioether (sulfide) groups is 1. The molecule has 1 aromatic rings. The summed E-state index contributed by atoms with van der Waals surface area (Å²) in [5.74, 6) is 0.509. The summed E-state index contributed by atoms with van der Waals surface area (Å²) >= 11 is 7.16. The summed E-state index contributed by atoms with van der Waals surface area (Å²) in [6.45, 7) is 2.09. The van der Waals surface area contributed by atoms with E-state index < -0.39 is 0 Å². The first-order valence-corrected chi connectivity index (χ1v) is 7.21. The number of Topliss-reactive ketones (excluding diaryl/α,β-unsaturated/α-hetero) is 1. The zero-order chi connectivity index (χ0) is 14.3. The number of esters is 1. The zero-order valence-electron chi connectivity index (χ0n) is 10.8. The van der Waals surface area contributed by atoms with Crippen LogP contribution in [0.25, 0.3) is 0 Å². The minimum absolute atomic E-state index is 0.0844. The first-order chi connectivity index (χ1) is 9.08. The Bertz CT molecular complexity index is 462. The van der Waals surface area contributed by atoms with Gasteiger partial charge in [-0.1, -0.05) is 11.6 Å². The Hall–Kier alpha value is -1.20. The number of carbonyl (C=O) groups is 2. The molecule has 0 aliphatic carbocycles. The lowest BCUT2D eigenvalue weighted by Gasteiger charge is -2.05. The van der Waals surface area contributed by atoms with E-state index in [4.69, 9.17) is 21.1 Å². The van der Waals surface area contributed by atoms with Crippen LogP contribution >= 0.6 is 23.4 Å². The van der Waals surface area contributed by atoms with E-state index in [0.29, 0.717) is 22.9 Å². The van der Waals surface area contributed by atoms with Gasteiger partial charge in [0.05, 0.1) is 30.2 Å². The van der Waals surface area contributed by atoms with Crippen LogP contribution in [-0.2, 0) is 9.53 Å². The van der Waals surface area contributed by atoms with Crippen molar-refractivity contribution in [3.63, 3.8) is 0 Å². The highest BCUT2D eigenvalue weighted by atomic mass is 35.5. The van der Waals surface area contributed by atoms with E-state index in [2.05, 4.69) is 0 Å². The fourth-order valence-corrected chi connectivity index (χ4v) is 2.31. The van der Waals surface area contributed by atoms with Gasteiger partial charge in [0.15, 0.2) is 5.78 Å². The molecule has 0 aliphatic rings. The van der Waals surface area contributed by atoms with Gasteiger partial charge in [-0.3, -0.25) is 9.59 Å². The summed E-state index contributed by atoms with van der Waals surface area (Å²) < 4.78 is 9.78. The molecular weight excluding hydrogens is 288 g/mol. The van der Waals surface area contributed by atoms with E-state index in [9.17, 15) is 9.59 Å². The van der Waals surface area contributed by atoms with Crippen molar-refractivity contribution in [3.8, 4) is 5.75 Å². The summed E-state index contributed by atoms with van der Waals surface area (Å²) in [4.78, 5) is 23.0. The number of hydrogen-bond acceptors (Lipinski definition) is 5. The molecule has 0 bridgehead atoms. The normalized spacial score (nSPS) is 10.1. The average molecular weight is 303 g/mol. The Labute approximate surface area is 121 Å². The van der Waals surface area contributed by atoms with E-state index in [1.54, 1.807) is 25.1 Å². The molecule has 0 saturated carbocycles. The number of benzene rings is 1. The molecule has 1 aromatic carbocycles. The predicted molar refractivity (Wildman–Crippen MR) is 76.3 cm³/mol. The third-order valence-corrected chi connectivity index (χ3v) is 3.43. The Kier molecular flexibility index (Phi) is 6.73. The highest BCUT2D eigenvalue weighted by Crippen LogP contribution is 2.25. The van der Waals surface area contributed by atoms with Crippen molar-refractivity contribution in [2.24, 2.45) is 0 Å². The van der Waals surface area contributed by atoms with Crippen molar-refractivity contribution >= 4 is 35.1 Å². The number of methoxy groups -OCH3 is 1. The molecule has 4 nitrogen and oxygen atoms in total. The molecule has 0 fully saturated rings. The first-order valence-electron chi connectivity index (χ1n) is 5.68. The molecule has 0 spiro atoms. The molecule has 0 aliphatic heterocycles. The van der Waals surface area contributed by atoms with Crippen LogP contribution in [0.15, 0.2) is 18.2 Å². The van der Waals surface area contributed by atoms with Crippen molar-refractivity contribution in [2.45, 2.75) is 6.92 Å². The minimum Gasteiger partial charge on any atom is -0.495 e. The van der Waals surface area contributed by atoms with Crippen molar-refractivity contribution in [2.75, 3.05) is 25.2 Å². The third-order valence-electron chi connectivity index (χ3n) is 2.23. The van der Waals surface area contributed by atoms with Crippen LogP contribution in [-0.4, -0.2) is 37.0 Å². The van der Waals surface area contributed by atoms with Gasteiger partial charge in [0, 0.05) is 5.56 Å². The van der Waals surface area contributed by atoms with Crippen LogP contribution in [0.3, 0.4) is 0 Å². The summed E-state index contributed by atoms with van der Waals surface area (Å²) in [5, 5.41) is 0.392. The molecule has 0 aromatic heterocycles. The standard InChI is InChI=1S/C13H15ClO4S/c1-3-18-13(16)8-19-7-11(15)9-4-5-12(17-2)10(14)6-9/h4-6H,3,7-8H2,1-2H3. The monoisotopic (exact) mass is 302 g/mol. The van der Waals surface area contributed by atoms with Crippen molar-refractivity contribution in [1.82, 2.24) is 0 Å². The molecular formula is C13H15ClO4S. The molecule has 1 rings (SSSR count). The van der Waals surface area contributed by atoms with Gasteiger partial charge in [0.1, 0.15) is 5.75 Å². The van der Waals surface area contributed by atoms with Gasteiger partial charge in [-0.05, 0) is 25.1 Å². The SMILES string of the molecule is CCOC(=O)CSCC(=O)c1ccc(OC)c(Cl)c1. The number of hydrogen-bond donors (Lipinski definition) is 0. The average Bonchev–Trinajstić information content (AvgIpc) is 2.38. The predicted octanol–water partition coefficient (Wildman–Crippen LogP) is 2.83. The summed E-state index contributed by atoms with van der Waals surface area (Å²) in [6, 6.07) is 4.86. The largest absolute Gasteiger partial charge is 0.495 e. The maximum atomic E-state index is 11.9. The van der Waals surface area contributed by atoms with Crippen LogP contribution < -0.4 is 4.74 Å². The molecule has 0 unspecified atom stereocenters. The van der Waals surface area contributed by atoms with Gasteiger partial charge < -0.3 is 9.47 Å². The summed E-state index contributed by atoms with van der Waals surface area (Å²) in [6.07, 6.45) is 0. The van der Waals surface area contributed by atoms with Gasteiger partial charge in [0.2, 0.25) is 0 Å². The maximum absolute atomic E-state index is 11.9. The Morgan fingerprint density at radius 3 is 2.63 bits per heavy atom. The second-order valence-electron chi connectivity index (χ2n) is 3.57. The van der Waals surface area contributed by atoms with E-state index in [1.807, 2.05) is 0 Å². The van der Waals surface area contributed by atoms with Gasteiger partial charge >= 0.3 is 5.97 Å². The lowest BCUT2D eigenvalue weighted by Crippen LogP contribution is -2.10. The van der Waals surface area contributed by atoms with E-state index in [1.165, 1.54) is 18.9 Å². The molecule has 19 heavy (non-hydrogen) atoms. The van der Waals surface area contributed by atoms with Crippen molar-refractivity contribution in [3.05, 3.63) is 28.8 Å². The van der Waals surface area contributed by atoms with Crippen molar-refractivity contribution < 1.29 is 19.1 Å². The maximum Gasteiger partial charge on any atom is 0.315 e. The zero-order valence-corrected chi connectivity index (χ0v) is 12.3. The molecule has 6 heteroatoms. The van der Waals surface area contributed by atoms with Crippen LogP contribution in [0.1, 0.15) is 17.3 Å². The molecule has 0 saturated heterocycles. The minimum atomic E-state index is -0.312. The Morgan fingerprint density at radius 1 is 1.32 bits per heavy atom. The molecule has 0 amide bonds. The molecule has 0 radical (unpaired) electrons. The van der Waals surface area contributed by atoms with Gasteiger partial charge in [-0.25, -0.2) is 0 Å². The number of rotatable bonds is 7. The second kappa shape index (κ2) is 8.07. The Balaban J connectivity index is 2.50. The fraction of sp³-hybridized carbons (Fsp3) is 0.385. The summed E-state index contributed by atoms with van der Waals surface area (Å²) in [5.41, 5.74) is 0.502. The lowest BCUT2D eigenvalue weighted by atomic mass is 10.1. The first kappa shape index (κ1) is 15.9. The smallest absolute Gasteiger partial charge is 0.315 e. The summed E-state index contributed by atoms with van der Waals surface area (Å²) in [7, 11) is 1.51. The number of ketones is 1. The van der Waals surface area contributed by atoms with Crippen LogP contribution in [0.5, 0.6) is 5.75 Å². The van der Waals surface area contributed by atoms with Gasteiger partial charge in [-0.2, -0.15) is 0 Å². The Morgan fingerprint density at radius 2 is 2.05 bits per heavy atom. The number of carbonyl (C=O) groups excluding carboxylic acids is 2. The van der Waals surface area contributed by atoms with Crippen LogP contribution in [0, 0.1) is 0 Å². The topological polar surface area (TPSA) is 52.6 Å². The number of halogens is 1. The molecule has 0 N–H and O–H groups in total. The second-order valence-corrected chi connectivity index (χ2v) is 4.96. The fourth-order valence-electron chi connectivity index (χ4n) is 1.35. The van der Waals surface area contributed by atoms with Crippen molar-refractivity contribution in [1.29, 1.82) is 0 Å². The number of ether oxygens (including phenoxy) is 2. The highest BCUT2D eigenvalue weighted by molar-refractivity contribution is 8.00. The lowest BCUT2D eigenvalue weighted by molar-refractivity contribution is -0.139. The van der Waals surface area contributed by atoms with Crippen LogP contribution in [0.2, 0.25) is 5.02 Å². The van der Waals surface area contributed by atoms with Gasteiger partial charge in [0.25, 0.3) is 0 Å². The van der Waals surface area contributed by atoms with E-state index in [-0.39, 0.29) is 23.3 Å². The quantitative estimate of drug-likeness (QED) is 0.572. The molecule has 0 atom stereocenters. The van der Waals surface area contributed by atoms with E-state index >= 15 is 0 Å². The van der Waals surface area contributed by atoms with E-state index in [0.717, 1.165) is 0 Å². The highest BCUT2D eigenvalue weighted by Gasteiger charge is 2.10. The van der Waals surface area contributed by atoms with Crippen LogP contribution in [0.4, 0.5) is 0 Å². The molecule has 104 valence electrons. The van der Waals surface area contributed by atoms with Gasteiger partial charge in [-0.15, -0.1) is 11.8 Å².